The molecule has 11 heteroatoms. The van der Waals surface area contributed by atoms with Gasteiger partial charge in [0, 0.05) is 19.0 Å². The number of carbonyl (C=O) groups excluding carboxylic acids is 2. The van der Waals surface area contributed by atoms with Gasteiger partial charge in [0.1, 0.15) is 12.2 Å². The molecule has 5 rings (SSSR count). The van der Waals surface area contributed by atoms with Gasteiger partial charge in [-0.3, -0.25) is 18.7 Å². The third-order valence-electron chi connectivity index (χ3n) is 6.70. The highest BCUT2D eigenvalue weighted by Crippen LogP contribution is 2.41. The molecule has 3 unspecified atom stereocenters. The molecule has 3 atom stereocenters. The molecule has 1 aliphatic heterocycles. The van der Waals surface area contributed by atoms with Gasteiger partial charge in [-0.2, -0.15) is 4.39 Å². The van der Waals surface area contributed by atoms with Crippen LogP contribution in [0.1, 0.15) is 53.9 Å². The first kappa shape index (κ1) is 23.8. The molecule has 2 fully saturated rings. The summed E-state index contributed by atoms with van der Waals surface area (Å²) in [5, 5.41) is 6.42. The van der Waals surface area contributed by atoms with Gasteiger partial charge in [-0.05, 0) is 30.4 Å². The first-order chi connectivity index (χ1) is 17.3. The van der Waals surface area contributed by atoms with Crippen LogP contribution in [0.4, 0.5) is 8.78 Å². The summed E-state index contributed by atoms with van der Waals surface area (Å²) in [6.45, 7) is -0.262. The summed E-state index contributed by atoms with van der Waals surface area (Å²) in [5.41, 5.74) is 1.54. The Hall–Kier alpha value is -3.89. The monoisotopic (exact) mass is 497 g/mol. The number of benzene rings is 1. The summed E-state index contributed by atoms with van der Waals surface area (Å²) in [6, 6.07) is 10.4. The summed E-state index contributed by atoms with van der Waals surface area (Å²) >= 11 is 0. The molecule has 9 nitrogen and oxygen atoms in total. The second-order valence-corrected chi connectivity index (χ2v) is 9.24. The molecule has 1 saturated carbocycles. The number of nitrogens with zero attached hydrogens (tertiary/aromatic N) is 4. The van der Waals surface area contributed by atoms with Gasteiger partial charge in [0.25, 0.3) is 0 Å². The summed E-state index contributed by atoms with van der Waals surface area (Å²) in [4.78, 5) is 43.1. The number of nitrogens with one attached hydrogen (secondary N) is 1. The smallest absolute Gasteiger partial charge is 0.342 e. The van der Waals surface area contributed by atoms with Crippen LogP contribution in [0.15, 0.2) is 51.8 Å². The van der Waals surface area contributed by atoms with E-state index in [2.05, 4.69) is 20.0 Å². The number of alkyl halides is 1. The maximum Gasteiger partial charge on any atom is 0.441 e. The van der Waals surface area contributed by atoms with Gasteiger partial charge in [-0.25, -0.2) is 14.2 Å². The predicted molar refractivity (Wildman–Crippen MR) is 123 cm³/mol. The van der Waals surface area contributed by atoms with Crippen molar-refractivity contribution in [2.45, 2.75) is 49.9 Å². The van der Waals surface area contributed by atoms with Crippen molar-refractivity contribution in [3.05, 3.63) is 81.6 Å². The molecule has 2 aliphatic rings. The van der Waals surface area contributed by atoms with Crippen LogP contribution in [0.2, 0.25) is 0 Å². The van der Waals surface area contributed by atoms with Gasteiger partial charge >= 0.3 is 5.76 Å². The van der Waals surface area contributed by atoms with E-state index in [0.29, 0.717) is 16.8 Å². The van der Waals surface area contributed by atoms with E-state index in [1.165, 1.54) is 7.05 Å². The molecule has 1 saturated heterocycles. The zero-order valence-electron chi connectivity index (χ0n) is 19.6. The van der Waals surface area contributed by atoms with Crippen molar-refractivity contribution in [1.82, 2.24) is 24.9 Å². The summed E-state index contributed by atoms with van der Waals surface area (Å²) < 4.78 is 34.8. The lowest BCUT2D eigenvalue weighted by Crippen LogP contribution is -2.47. The molecule has 0 spiro atoms. The largest absolute Gasteiger partial charge is 0.441 e. The maximum absolute atomic E-state index is 14.8. The number of hydrogen-bond donors (Lipinski definition) is 1. The molecule has 1 aliphatic carbocycles. The van der Waals surface area contributed by atoms with Crippen LogP contribution in [-0.4, -0.2) is 50.2 Å². The van der Waals surface area contributed by atoms with E-state index < -0.39 is 41.8 Å². The van der Waals surface area contributed by atoms with Gasteiger partial charge in [0.05, 0.1) is 24.7 Å². The Balaban J connectivity index is 1.38. The van der Waals surface area contributed by atoms with E-state index in [0.717, 1.165) is 22.3 Å². The minimum atomic E-state index is -1.39. The first-order valence-corrected chi connectivity index (χ1v) is 11.8. The lowest BCUT2D eigenvalue weighted by atomic mass is 10.0. The van der Waals surface area contributed by atoms with Crippen LogP contribution < -0.4 is 11.1 Å². The molecule has 3 heterocycles. The lowest BCUT2D eigenvalue weighted by Gasteiger charge is -2.26. The van der Waals surface area contributed by atoms with Gasteiger partial charge in [-0.1, -0.05) is 41.6 Å². The highest BCUT2D eigenvalue weighted by Gasteiger charge is 2.41. The zero-order chi connectivity index (χ0) is 25.4. The molecule has 188 valence electrons. The molecule has 2 amide bonds. The van der Waals surface area contributed by atoms with Crippen molar-refractivity contribution in [2.24, 2.45) is 7.05 Å². The fourth-order valence-corrected chi connectivity index (χ4v) is 4.55. The highest BCUT2D eigenvalue weighted by molar-refractivity contribution is 5.89. The Morgan fingerprint density at radius 3 is 2.58 bits per heavy atom. The summed E-state index contributed by atoms with van der Waals surface area (Å²) in [7, 11) is 1.40. The number of pyridine rings is 1. The van der Waals surface area contributed by atoms with E-state index >= 15 is 0 Å². The van der Waals surface area contributed by atoms with Gasteiger partial charge in [0.15, 0.2) is 5.82 Å². The standard InChI is InChI=1S/C25H25F2N5O4/c1-31-20(30-36-25(31)35)12-21(33)32-13-16(26)11-19(32)24(34)29-22(15-5-3-2-4-6-15)18-10-9-17(14-7-8-14)23(27)28-18/h2-6,9-10,14,16,19,22H,7-8,11-13H2,1H3,(H,29,34). The molecule has 1 N–H and O–H groups in total. The van der Waals surface area contributed by atoms with E-state index in [9.17, 15) is 23.2 Å². The Morgan fingerprint density at radius 2 is 1.94 bits per heavy atom. The molecule has 0 radical (unpaired) electrons. The third kappa shape index (κ3) is 4.77. The number of amides is 2. The van der Waals surface area contributed by atoms with E-state index in [1.54, 1.807) is 36.4 Å². The first-order valence-electron chi connectivity index (χ1n) is 11.8. The van der Waals surface area contributed by atoms with Crippen molar-refractivity contribution in [3.8, 4) is 0 Å². The molecule has 0 bridgehead atoms. The van der Waals surface area contributed by atoms with Gasteiger partial charge < -0.3 is 10.2 Å². The number of likely N-dealkylation sites (tertiary alicyclic amines) is 1. The fraction of sp³-hybridized carbons (Fsp3) is 0.400. The average Bonchev–Trinajstić information content (AvgIpc) is 3.57. The van der Waals surface area contributed by atoms with Crippen molar-refractivity contribution >= 4 is 11.8 Å². The summed E-state index contributed by atoms with van der Waals surface area (Å²) in [5.74, 6) is -2.18. The number of carbonyl (C=O) groups is 2. The average molecular weight is 498 g/mol. The second kappa shape index (κ2) is 9.63. The molecular formula is C25H25F2N5O4. The summed E-state index contributed by atoms with van der Waals surface area (Å²) in [6.07, 6.45) is -0.0469. The quantitative estimate of drug-likeness (QED) is 0.501. The van der Waals surface area contributed by atoms with Crippen LogP contribution in [0.5, 0.6) is 0 Å². The molecule has 1 aromatic carbocycles. The Kier molecular flexibility index (Phi) is 6.38. The molecule has 2 aromatic heterocycles. The van der Waals surface area contributed by atoms with Crippen LogP contribution in [0.25, 0.3) is 0 Å². The number of halogens is 2. The normalized spacial score (nSPS) is 20.4. The number of rotatable bonds is 7. The maximum atomic E-state index is 14.8. The van der Waals surface area contributed by atoms with E-state index in [-0.39, 0.29) is 31.1 Å². The highest BCUT2D eigenvalue weighted by atomic mass is 19.1. The predicted octanol–water partition coefficient (Wildman–Crippen LogP) is 2.17. The van der Waals surface area contributed by atoms with Gasteiger partial charge in [0.2, 0.25) is 17.8 Å². The molecule has 3 aromatic rings. The SMILES string of the molecule is Cn1c(CC(=O)N2CC(F)CC2C(=O)NC(c2ccccc2)c2ccc(C3CC3)c(F)n2)noc1=O. The number of hydrogen-bond acceptors (Lipinski definition) is 6. The Labute approximate surface area is 205 Å². The zero-order valence-corrected chi connectivity index (χ0v) is 19.6. The van der Waals surface area contributed by atoms with Crippen LogP contribution >= 0.6 is 0 Å². The Morgan fingerprint density at radius 1 is 1.19 bits per heavy atom. The van der Waals surface area contributed by atoms with Crippen molar-refractivity contribution in [3.63, 3.8) is 0 Å². The van der Waals surface area contributed by atoms with Crippen molar-refractivity contribution < 1.29 is 22.9 Å². The van der Waals surface area contributed by atoms with Crippen LogP contribution in [0, 0.1) is 5.95 Å². The van der Waals surface area contributed by atoms with Crippen LogP contribution in [0.3, 0.4) is 0 Å². The van der Waals surface area contributed by atoms with E-state index in [1.807, 2.05) is 6.07 Å². The minimum absolute atomic E-state index is 0.0732. The fourth-order valence-electron chi connectivity index (χ4n) is 4.55. The lowest BCUT2D eigenvalue weighted by molar-refractivity contribution is -0.138. The third-order valence-corrected chi connectivity index (χ3v) is 6.70. The molecular weight excluding hydrogens is 472 g/mol. The van der Waals surface area contributed by atoms with Crippen molar-refractivity contribution in [1.29, 1.82) is 0 Å². The minimum Gasteiger partial charge on any atom is -0.342 e. The Bertz CT molecular complexity index is 1340. The van der Waals surface area contributed by atoms with Gasteiger partial charge in [-0.15, -0.1) is 0 Å². The second-order valence-electron chi connectivity index (χ2n) is 9.24. The number of aromatic nitrogens is 3. The molecule has 36 heavy (non-hydrogen) atoms. The topological polar surface area (TPSA) is 110 Å². The van der Waals surface area contributed by atoms with Crippen LogP contribution in [-0.2, 0) is 23.1 Å². The van der Waals surface area contributed by atoms with Crippen molar-refractivity contribution in [2.75, 3.05) is 6.54 Å². The van der Waals surface area contributed by atoms with E-state index in [4.69, 9.17) is 0 Å².